The first-order valence-electron chi connectivity index (χ1n) is 4.72. The van der Waals surface area contributed by atoms with Crippen LogP contribution < -0.4 is 0 Å². The predicted molar refractivity (Wildman–Crippen MR) is 58.7 cm³/mol. The summed E-state index contributed by atoms with van der Waals surface area (Å²) in [6, 6.07) is 9.62. The number of hydrogen-bond acceptors (Lipinski definition) is 2. The van der Waals surface area contributed by atoms with Gasteiger partial charge >= 0.3 is 5.97 Å². The number of rotatable bonds is 2. The van der Waals surface area contributed by atoms with Crippen molar-refractivity contribution in [3.8, 4) is 0 Å². The molecule has 1 aliphatic heterocycles. The van der Waals surface area contributed by atoms with Crippen LogP contribution in [0, 0.1) is 0 Å². The summed E-state index contributed by atoms with van der Waals surface area (Å²) < 4.78 is 5.32. The fraction of sp³-hybridized carbons (Fsp3) is 0.250. The van der Waals surface area contributed by atoms with Gasteiger partial charge in [0.05, 0.1) is 11.5 Å². The van der Waals surface area contributed by atoms with Crippen molar-refractivity contribution in [1.82, 2.24) is 0 Å². The fourth-order valence-electron chi connectivity index (χ4n) is 1.68. The zero-order valence-corrected chi connectivity index (χ0v) is 9.12. The minimum Gasteiger partial charge on any atom is -0.447 e. The Morgan fingerprint density at radius 3 is 2.53 bits per heavy atom. The van der Waals surface area contributed by atoms with Crippen molar-refractivity contribution in [2.75, 3.05) is 5.88 Å². The van der Waals surface area contributed by atoms with Crippen LogP contribution in [0.25, 0.3) is 0 Å². The molecule has 1 aromatic rings. The number of alkyl halides is 1. The topological polar surface area (TPSA) is 26.3 Å². The summed E-state index contributed by atoms with van der Waals surface area (Å²) in [5.74, 6) is -0.127. The van der Waals surface area contributed by atoms with Gasteiger partial charge in [-0.05, 0) is 18.6 Å². The molecule has 78 valence electrons. The molecular formula is C12H11ClO2. The number of cyclic esters (lactones) is 1. The summed E-state index contributed by atoms with van der Waals surface area (Å²) in [4.78, 5) is 11.4. The largest absolute Gasteiger partial charge is 0.447 e. The first-order chi connectivity index (χ1) is 7.15. The van der Waals surface area contributed by atoms with Crippen molar-refractivity contribution < 1.29 is 9.53 Å². The smallest absolute Gasteiger partial charge is 0.336 e. The lowest BCUT2D eigenvalue weighted by Gasteiger charge is -2.21. The second kappa shape index (κ2) is 3.70. The van der Waals surface area contributed by atoms with Gasteiger partial charge in [0.2, 0.25) is 0 Å². The van der Waals surface area contributed by atoms with E-state index in [2.05, 4.69) is 0 Å². The van der Waals surface area contributed by atoms with Crippen molar-refractivity contribution in [2.24, 2.45) is 0 Å². The van der Waals surface area contributed by atoms with E-state index >= 15 is 0 Å². The van der Waals surface area contributed by atoms with Gasteiger partial charge in [-0.3, -0.25) is 0 Å². The first kappa shape index (κ1) is 10.2. The molecule has 0 saturated carbocycles. The number of carbonyl (C=O) groups excluding carboxylic acids is 1. The average molecular weight is 223 g/mol. The Kier molecular flexibility index (Phi) is 2.53. The van der Waals surface area contributed by atoms with E-state index in [0.29, 0.717) is 5.57 Å². The third kappa shape index (κ3) is 1.77. The van der Waals surface area contributed by atoms with Crippen molar-refractivity contribution in [1.29, 1.82) is 0 Å². The lowest BCUT2D eigenvalue weighted by molar-refractivity contribution is -0.145. The van der Waals surface area contributed by atoms with E-state index in [4.69, 9.17) is 16.3 Å². The zero-order chi connectivity index (χ0) is 10.9. The number of benzene rings is 1. The molecule has 0 bridgehead atoms. The molecule has 0 amide bonds. The summed E-state index contributed by atoms with van der Waals surface area (Å²) in [6.45, 7) is 1.86. The summed E-state index contributed by atoms with van der Waals surface area (Å²) in [5.41, 5.74) is 0.823. The molecule has 0 aromatic heterocycles. The molecule has 2 nitrogen and oxygen atoms in total. The molecule has 1 unspecified atom stereocenters. The van der Waals surface area contributed by atoms with Crippen LogP contribution in [0.1, 0.15) is 12.5 Å². The fourth-order valence-corrected chi connectivity index (χ4v) is 1.87. The maximum absolute atomic E-state index is 11.4. The molecule has 0 spiro atoms. The molecule has 1 aromatic carbocycles. The number of halogens is 1. The minimum absolute atomic E-state index is 0.196. The quantitative estimate of drug-likeness (QED) is 0.568. The second-order valence-electron chi connectivity index (χ2n) is 3.67. The van der Waals surface area contributed by atoms with Gasteiger partial charge in [-0.2, -0.15) is 0 Å². The van der Waals surface area contributed by atoms with Gasteiger partial charge in [-0.1, -0.05) is 30.3 Å². The molecule has 0 N–H and O–H groups in total. The Hall–Kier alpha value is -1.28. The zero-order valence-electron chi connectivity index (χ0n) is 8.37. The average Bonchev–Trinajstić information content (AvgIpc) is 2.56. The van der Waals surface area contributed by atoms with Crippen LogP contribution >= 0.6 is 11.6 Å². The van der Waals surface area contributed by atoms with Gasteiger partial charge in [-0.15, -0.1) is 11.6 Å². The molecule has 3 heteroatoms. The standard InChI is InChI=1S/C12H11ClO2/c1-12(10-5-3-2-4-6-10)7-9(8-13)11(14)15-12/h2-7H,8H2,1H3. The van der Waals surface area contributed by atoms with E-state index < -0.39 is 5.60 Å². The van der Waals surface area contributed by atoms with Crippen LogP contribution in [0.5, 0.6) is 0 Å². The van der Waals surface area contributed by atoms with Gasteiger partial charge in [0, 0.05) is 0 Å². The van der Waals surface area contributed by atoms with E-state index in [1.54, 1.807) is 6.08 Å². The van der Waals surface area contributed by atoms with Crippen molar-refractivity contribution in [2.45, 2.75) is 12.5 Å². The van der Waals surface area contributed by atoms with Gasteiger partial charge < -0.3 is 4.74 Å². The first-order valence-corrected chi connectivity index (χ1v) is 5.26. The predicted octanol–water partition coefficient (Wildman–Crippen LogP) is 2.62. The molecule has 1 aliphatic rings. The Labute approximate surface area is 93.5 Å². The van der Waals surface area contributed by atoms with Crippen LogP contribution in [-0.4, -0.2) is 11.8 Å². The molecule has 0 radical (unpaired) electrons. The SMILES string of the molecule is CC1(c2ccccc2)C=C(CCl)C(=O)O1. The molecule has 0 saturated heterocycles. The van der Waals surface area contributed by atoms with Gasteiger partial charge in [0.25, 0.3) is 0 Å². The van der Waals surface area contributed by atoms with Gasteiger partial charge in [0.1, 0.15) is 0 Å². The van der Waals surface area contributed by atoms with E-state index in [-0.39, 0.29) is 11.8 Å². The Bertz CT molecular complexity index is 411. The molecular weight excluding hydrogens is 212 g/mol. The number of carbonyl (C=O) groups is 1. The molecule has 0 fully saturated rings. The van der Waals surface area contributed by atoms with E-state index in [0.717, 1.165) is 5.56 Å². The second-order valence-corrected chi connectivity index (χ2v) is 3.93. The molecule has 1 atom stereocenters. The summed E-state index contributed by atoms with van der Waals surface area (Å²) in [5, 5.41) is 0. The number of hydrogen-bond donors (Lipinski definition) is 0. The van der Waals surface area contributed by atoms with Gasteiger partial charge in [-0.25, -0.2) is 4.79 Å². The van der Waals surface area contributed by atoms with Crippen LogP contribution in [0.2, 0.25) is 0 Å². The highest BCUT2D eigenvalue weighted by Crippen LogP contribution is 2.34. The van der Waals surface area contributed by atoms with E-state index in [1.807, 2.05) is 37.3 Å². The van der Waals surface area contributed by atoms with Gasteiger partial charge in [0.15, 0.2) is 5.60 Å². The number of esters is 1. The van der Waals surface area contributed by atoms with E-state index in [1.165, 1.54) is 0 Å². The maximum Gasteiger partial charge on any atom is 0.336 e. The Morgan fingerprint density at radius 2 is 2.00 bits per heavy atom. The monoisotopic (exact) mass is 222 g/mol. The third-order valence-corrected chi connectivity index (χ3v) is 2.80. The van der Waals surface area contributed by atoms with Crippen LogP contribution in [-0.2, 0) is 15.1 Å². The van der Waals surface area contributed by atoms with Crippen LogP contribution in [0.3, 0.4) is 0 Å². The third-order valence-electron chi connectivity index (χ3n) is 2.51. The lowest BCUT2D eigenvalue weighted by atomic mass is 9.95. The van der Waals surface area contributed by atoms with Crippen molar-refractivity contribution in [3.63, 3.8) is 0 Å². The highest BCUT2D eigenvalue weighted by molar-refractivity contribution is 6.22. The van der Waals surface area contributed by atoms with Crippen LogP contribution in [0.4, 0.5) is 0 Å². The lowest BCUT2D eigenvalue weighted by Crippen LogP contribution is -2.20. The number of ether oxygens (including phenoxy) is 1. The maximum atomic E-state index is 11.4. The molecule has 2 rings (SSSR count). The Morgan fingerprint density at radius 1 is 1.33 bits per heavy atom. The minimum atomic E-state index is -0.664. The molecule has 1 heterocycles. The van der Waals surface area contributed by atoms with Crippen LogP contribution in [0.15, 0.2) is 42.0 Å². The summed E-state index contributed by atoms with van der Waals surface area (Å²) >= 11 is 5.65. The molecule has 15 heavy (non-hydrogen) atoms. The van der Waals surface area contributed by atoms with Crippen molar-refractivity contribution >= 4 is 17.6 Å². The highest BCUT2D eigenvalue weighted by atomic mass is 35.5. The summed E-state index contributed by atoms with van der Waals surface area (Å²) in [7, 11) is 0. The Balaban J connectivity index is 2.39. The normalized spacial score (nSPS) is 24.9. The summed E-state index contributed by atoms with van der Waals surface area (Å²) in [6.07, 6.45) is 1.79. The molecule has 0 aliphatic carbocycles. The highest BCUT2D eigenvalue weighted by Gasteiger charge is 2.36. The van der Waals surface area contributed by atoms with Crippen molar-refractivity contribution in [3.05, 3.63) is 47.5 Å². The van der Waals surface area contributed by atoms with E-state index in [9.17, 15) is 4.79 Å².